The van der Waals surface area contributed by atoms with E-state index < -0.39 is 11.9 Å². The maximum atomic E-state index is 11.9. The minimum Gasteiger partial charge on any atom is -0.481 e. The number of benzene rings is 2. The first-order valence-electron chi connectivity index (χ1n) is 9.71. The second-order valence-electron chi connectivity index (χ2n) is 7.75. The number of carbonyl (C=O) groups excluding carboxylic acids is 1. The van der Waals surface area contributed by atoms with Gasteiger partial charge in [-0.05, 0) is 60.2 Å². The molecule has 3 rings (SSSR count). The molecule has 1 heterocycles. The Morgan fingerprint density at radius 2 is 1.86 bits per heavy atom. The molecule has 2 aromatic carbocycles. The van der Waals surface area contributed by atoms with E-state index >= 15 is 0 Å². The number of amides is 1. The van der Waals surface area contributed by atoms with Gasteiger partial charge in [-0.2, -0.15) is 0 Å². The summed E-state index contributed by atoms with van der Waals surface area (Å²) in [5, 5.41) is 9.05. The summed E-state index contributed by atoms with van der Waals surface area (Å²) < 4.78 is 5.95. The lowest BCUT2D eigenvalue weighted by Gasteiger charge is -2.16. The molecule has 5 nitrogen and oxygen atoms in total. The molecule has 2 aromatic rings. The number of rotatable bonds is 7. The molecule has 1 amide bonds. The van der Waals surface area contributed by atoms with Crippen LogP contribution in [0, 0.1) is 12.8 Å². The highest BCUT2D eigenvalue weighted by Crippen LogP contribution is 2.27. The first-order chi connectivity index (χ1) is 13.3. The van der Waals surface area contributed by atoms with Crippen LogP contribution in [0.2, 0.25) is 0 Å². The summed E-state index contributed by atoms with van der Waals surface area (Å²) in [6.45, 7) is 7.30. The van der Waals surface area contributed by atoms with Gasteiger partial charge in [0, 0.05) is 19.5 Å². The van der Waals surface area contributed by atoms with Gasteiger partial charge in [0.1, 0.15) is 11.5 Å². The lowest BCUT2D eigenvalue weighted by molar-refractivity contribution is -0.141. The minimum absolute atomic E-state index is 0.0763. The van der Waals surface area contributed by atoms with Crippen molar-refractivity contribution in [1.82, 2.24) is 4.90 Å². The molecular weight excluding hydrogens is 354 g/mol. The summed E-state index contributed by atoms with van der Waals surface area (Å²) in [6.07, 6.45) is 0.803. The lowest BCUT2D eigenvalue weighted by atomic mass is 9.98. The molecular formula is C23H27NO4. The maximum Gasteiger partial charge on any atom is 0.308 e. The number of hydrogen-bond donors (Lipinski definition) is 1. The molecule has 1 saturated heterocycles. The number of ether oxygens (including phenoxy) is 1. The summed E-state index contributed by atoms with van der Waals surface area (Å²) in [6, 6.07) is 14.0. The van der Waals surface area contributed by atoms with E-state index in [9.17, 15) is 9.59 Å². The Bertz CT molecular complexity index is 857. The molecule has 28 heavy (non-hydrogen) atoms. The van der Waals surface area contributed by atoms with Gasteiger partial charge in [0.15, 0.2) is 0 Å². The molecule has 1 aliphatic heterocycles. The van der Waals surface area contributed by atoms with Crippen molar-refractivity contribution in [2.45, 2.75) is 39.5 Å². The summed E-state index contributed by atoms with van der Waals surface area (Å²) in [7, 11) is 0. The third kappa shape index (κ3) is 4.71. The highest BCUT2D eigenvalue weighted by molar-refractivity contribution is 5.86. The topological polar surface area (TPSA) is 66.8 Å². The molecule has 0 spiro atoms. The molecule has 1 N–H and O–H groups in total. The monoisotopic (exact) mass is 381 g/mol. The van der Waals surface area contributed by atoms with Crippen molar-refractivity contribution >= 4 is 11.9 Å². The first kappa shape index (κ1) is 19.9. The van der Waals surface area contributed by atoms with Gasteiger partial charge in [-0.3, -0.25) is 9.59 Å². The quantitative estimate of drug-likeness (QED) is 0.773. The lowest BCUT2D eigenvalue weighted by Crippen LogP contribution is -2.28. The second kappa shape index (κ2) is 8.46. The zero-order valence-electron chi connectivity index (χ0n) is 16.6. The van der Waals surface area contributed by atoms with Crippen LogP contribution in [0.25, 0.3) is 0 Å². The molecule has 0 aliphatic carbocycles. The van der Waals surface area contributed by atoms with E-state index in [0.29, 0.717) is 25.4 Å². The molecule has 5 heteroatoms. The van der Waals surface area contributed by atoms with Crippen LogP contribution in [0.4, 0.5) is 0 Å². The number of aliphatic carboxylic acids is 1. The van der Waals surface area contributed by atoms with Gasteiger partial charge in [-0.15, -0.1) is 0 Å². The zero-order valence-corrected chi connectivity index (χ0v) is 16.6. The standard InChI is InChI=1S/C23H27NO4/c1-15(2)21-9-8-20(12-16(21)3)28-19-6-4-17(5-7-19)10-11-24-14-18(23(26)27)13-22(24)25/h4-9,12,15,18H,10-11,13-14H2,1-3H3,(H,26,27). The van der Waals surface area contributed by atoms with Crippen LogP contribution in [0.15, 0.2) is 42.5 Å². The van der Waals surface area contributed by atoms with Crippen LogP contribution < -0.4 is 4.74 Å². The molecule has 1 aliphatic rings. The molecule has 1 unspecified atom stereocenters. The summed E-state index contributed by atoms with van der Waals surface area (Å²) >= 11 is 0. The first-order valence-corrected chi connectivity index (χ1v) is 9.71. The fraction of sp³-hybridized carbons (Fsp3) is 0.391. The summed E-state index contributed by atoms with van der Waals surface area (Å²) in [5.41, 5.74) is 3.63. The van der Waals surface area contributed by atoms with E-state index in [0.717, 1.165) is 17.1 Å². The van der Waals surface area contributed by atoms with Crippen molar-refractivity contribution < 1.29 is 19.4 Å². The maximum absolute atomic E-state index is 11.9. The van der Waals surface area contributed by atoms with Gasteiger partial charge < -0.3 is 14.7 Å². The van der Waals surface area contributed by atoms with Crippen LogP contribution >= 0.6 is 0 Å². The molecule has 1 fully saturated rings. The Balaban J connectivity index is 1.56. The molecule has 1 atom stereocenters. The highest BCUT2D eigenvalue weighted by Gasteiger charge is 2.33. The summed E-state index contributed by atoms with van der Waals surface area (Å²) in [5.74, 6) is 0.526. The molecule has 0 radical (unpaired) electrons. The van der Waals surface area contributed by atoms with Crippen LogP contribution in [-0.4, -0.2) is 35.0 Å². The van der Waals surface area contributed by atoms with E-state index in [1.54, 1.807) is 4.90 Å². The second-order valence-corrected chi connectivity index (χ2v) is 7.75. The largest absolute Gasteiger partial charge is 0.481 e. The van der Waals surface area contributed by atoms with Gasteiger partial charge in [0.05, 0.1) is 5.92 Å². The Labute approximate surface area is 165 Å². The van der Waals surface area contributed by atoms with E-state index in [1.165, 1.54) is 11.1 Å². The Kier molecular flexibility index (Phi) is 6.02. The van der Waals surface area contributed by atoms with Gasteiger partial charge in [-0.25, -0.2) is 0 Å². The Morgan fingerprint density at radius 1 is 1.18 bits per heavy atom. The van der Waals surface area contributed by atoms with E-state index in [4.69, 9.17) is 9.84 Å². The number of carboxylic acids is 1. The number of carbonyl (C=O) groups is 2. The SMILES string of the molecule is Cc1cc(Oc2ccc(CCN3CC(C(=O)O)CC3=O)cc2)ccc1C(C)C. The number of likely N-dealkylation sites (tertiary alicyclic amines) is 1. The normalized spacial score (nSPS) is 16.6. The van der Waals surface area contributed by atoms with Crippen molar-refractivity contribution in [3.05, 3.63) is 59.2 Å². The van der Waals surface area contributed by atoms with Gasteiger partial charge in [-0.1, -0.05) is 32.0 Å². The number of hydrogen-bond acceptors (Lipinski definition) is 3. The van der Waals surface area contributed by atoms with Crippen LogP contribution in [-0.2, 0) is 16.0 Å². The average Bonchev–Trinajstić information content (AvgIpc) is 3.02. The highest BCUT2D eigenvalue weighted by atomic mass is 16.5. The van der Waals surface area contributed by atoms with Crippen molar-refractivity contribution in [1.29, 1.82) is 0 Å². The van der Waals surface area contributed by atoms with Gasteiger partial charge in [0.25, 0.3) is 0 Å². The number of aryl methyl sites for hydroxylation is 1. The Hall–Kier alpha value is -2.82. The van der Waals surface area contributed by atoms with E-state index in [2.05, 4.69) is 32.9 Å². The van der Waals surface area contributed by atoms with Crippen molar-refractivity contribution in [3.8, 4) is 11.5 Å². The summed E-state index contributed by atoms with van der Waals surface area (Å²) in [4.78, 5) is 24.6. The van der Waals surface area contributed by atoms with Crippen LogP contribution in [0.5, 0.6) is 11.5 Å². The van der Waals surface area contributed by atoms with Crippen LogP contribution in [0.1, 0.15) is 42.9 Å². The Morgan fingerprint density at radius 3 is 2.43 bits per heavy atom. The predicted octanol–water partition coefficient (Wildman–Crippen LogP) is 4.39. The van der Waals surface area contributed by atoms with Gasteiger partial charge >= 0.3 is 5.97 Å². The number of carboxylic acid groups (broad SMARTS) is 1. The molecule has 148 valence electrons. The minimum atomic E-state index is -0.894. The van der Waals surface area contributed by atoms with E-state index in [1.807, 2.05) is 30.3 Å². The zero-order chi connectivity index (χ0) is 20.3. The third-order valence-electron chi connectivity index (χ3n) is 5.26. The molecule has 0 saturated carbocycles. The fourth-order valence-corrected chi connectivity index (χ4v) is 3.64. The molecule has 0 bridgehead atoms. The average molecular weight is 381 g/mol. The number of nitrogens with zero attached hydrogens (tertiary/aromatic N) is 1. The van der Waals surface area contributed by atoms with Crippen LogP contribution in [0.3, 0.4) is 0 Å². The van der Waals surface area contributed by atoms with Crippen molar-refractivity contribution in [2.24, 2.45) is 5.92 Å². The van der Waals surface area contributed by atoms with Gasteiger partial charge in [0.2, 0.25) is 5.91 Å². The predicted molar refractivity (Wildman–Crippen MR) is 108 cm³/mol. The van der Waals surface area contributed by atoms with E-state index in [-0.39, 0.29) is 12.3 Å². The third-order valence-corrected chi connectivity index (χ3v) is 5.26. The molecule has 0 aromatic heterocycles. The van der Waals surface area contributed by atoms with Crippen molar-refractivity contribution in [3.63, 3.8) is 0 Å². The van der Waals surface area contributed by atoms with Crippen molar-refractivity contribution in [2.75, 3.05) is 13.1 Å². The smallest absolute Gasteiger partial charge is 0.308 e. The fourth-order valence-electron chi connectivity index (χ4n) is 3.64.